The molecule has 0 unspecified atom stereocenters. The van der Waals surface area contributed by atoms with Gasteiger partial charge < -0.3 is 9.55 Å². The van der Waals surface area contributed by atoms with Gasteiger partial charge in [0, 0.05) is 63.1 Å². The predicted molar refractivity (Wildman–Crippen MR) is 304 cm³/mol. The van der Waals surface area contributed by atoms with Crippen molar-refractivity contribution in [3.05, 3.63) is 235 Å². The second-order valence-corrected chi connectivity index (χ2v) is 25.0. The van der Waals surface area contributed by atoms with Crippen LogP contribution in [0.5, 0.6) is 0 Å². The third kappa shape index (κ3) is 9.54. The van der Waals surface area contributed by atoms with Crippen LogP contribution in [0, 0.1) is 19.0 Å². The Morgan fingerprint density at radius 2 is 1.39 bits per heavy atom. The van der Waals surface area contributed by atoms with E-state index in [0.29, 0.717) is 11.3 Å². The molecular formula is C65H54IrN4SSi-2. The number of thiophene rings is 1. The molecule has 1 radical (unpaired) electrons. The molecule has 0 aliphatic carbocycles. The second kappa shape index (κ2) is 20.5. The molecule has 0 aliphatic heterocycles. The standard InChI is InChI=1S/C47H30N3S.C18H24NSi.Ir/c1-4-14-31(15-5-1)30-35-27-28-40-39-24-13-25-41(45(39)51-47(40)48-35)46-49-43-36-21-11-10-20-34(36)26-29-42(43)50(46)44-37(32-16-6-2-7-17-32)22-12-23-38(44)33-18-8-3-9-19-33;1-13(2)16-11-17(15-9-7-14(3)8-10-15)19-12-18(16)20(4,5)6;/h1-24,26-29H,30H2;7-9,11-13H,1-6H3;/q2*-1;/i30D2;3D3,13D;. The van der Waals surface area contributed by atoms with Crippen molar-refractivity contribution in [1.82, 2.24) is 19.5 Å². The molecule has 8 aromatic carbocycles. The molecule has 0 aliphatic rings. The van der Waals surface area contributed by atoms with Gasteiger partial charge in [-0.25, -0.2) is 4.98 Å². The van der Waals surface area contributed by atoms with Crippen molar-refractivity contribution < 1.29 is 28.3 Å². The molecule has 0 bridgehead atoms. The van der Waals surface area contributed by atoms with Crippen molar-refractivity contribution in [2.24, 2.45) is 0 Å². The minimum atomic E-state index is -2.13. The fourth-order valence-electron chi connectivity index (χ4n) is 9.42. The first-order valence-corrected chi connectivity index (χ1v) is 28.2. The monoisotopic (exact) mass is 1150 g/mol. The Bertz CT molecular complexity index is 4080. The molecule has 0 fully saturated rings. The van der Waals surface area contributed by atoms with Gasteiger partial charge >= 0.3 is 0 Å². The Hall–Kier alpha value is -7.12. The van der Waals surface area contributed by atoms with Gasteiger partial charge in [0.25, 0.3) is 0 Å². The number of aromatic nitrogens is 4. The molecule has 7 heteroatoms. The maximum absolute atomic E-state index is 9.02. The second-order valence-electron chi connectivity index (χ2n) is 19.0. The number of para-hydroxylation sites is 1. The zero-order valence-electron chi connectivity index (χ0n) is 46.6. The molecule has 0 saturated heterocycles. The quantitative estimate of drug-likeness (QED) is 0.107. The van der Waals surface area contributed by atoms with E-state index in [1.165, 1.54) is 11.3 Å². The Balaban J connectivity index is 0.000000233. The van der Waals surface area contributed by atoms with Crippen molar-refractivity contribution in [3.63, 3.8) is 0 Å². The Labute approximate surface area is 449 Å². The molecule has 0 spiro atoms. The SMILES string of the molecule is [2H]C([2H])([2H])c1c[c-]c(-c2cc(C([2H])(C)C)c([Si](C)(C)C)cn2)cc1.[2H]C([2H])(c1ccccc1)c1ccc2c(n1)sc1c(-c3nc4c5ccccc5ccc4n3-c3c(-c4ccccc4)cccc3-c3ccccc3)[c-]ccc12.[Ir]. The number of pyridine rings is 2. The molecule has 0 N–H and O–H groups in total. The van der Waals surface area contributed by atoms with Gasteiger partial charge in [-0.3, -0.25) is 4.98 Å². The van der Waals surface area contributed by atoms with Gasteiger partial charge in [0.15, 0.2) is 0 Å². The van der Waals surface area contributed by atoms with Gasteiger partial charge in [-0.15, -0.1) is 53.6 Å². The molecule has 4 nitrogen and oxygen atoms in total. The summed E-state index contributed by atoms with van der Waals surface area (Å²) in [5.74, 6) is 0.0697. The summed E-state index contributed by atoms with van der Waals surface area (Å²) in [6.07, 6.45) is 0.142. The minimum Gasteiger partial charge on any atom is -0.332 e. The van der Waals surface area contributed by atoms with Crippen LogP contribution in [0.3, 0.4) is 0 Å². The van der Waals surface area contributed by atoms with Gasteiger partial charge in [-0.1, -0.05) is 209 Å². The normalized spacial score (nSPS) is 13.3. The van der Waals surface area contributed by atoms with Gasteiger partial charge in [-0.2, -0.15) is 11.3 Å². The van der Waals surface area contributed by atoms with E-state index in [4.69, 9.17) is 18.2 Å². The molecular weight excluding hydrogens is 1090 g/mol. The summed E-state index contributed by atoms with van der Waals surface area (Å²) in [5, 5.41) is 5.42. The number of benzene rings is 8. The summed E-state index contributed by atoms with van der Waals surface area (Å²) in [5.41, 5.74) is 11.9. The Morgan fingerprint density at radius 3 is 2.06 bits per heavy atom. The smallest absolute Gasteiger partial charge is 0.114 e. The van der Waals surface area contributed by atoms with E-state index in [1.807, 2.05) is 74.6 Å². The summed E-state index contributed by atoms with van der Waals surface area (Å²) in [4.78, 5) is 15.8. The van der Waals surface area contributed by atoms with Crippen molar-refractivity contribution in [1.29, 1.82) is 0 Å². The largest absolute Gasteiger partial charge is 0.332 e. The fraction of sp³-hybridized carbons (Fsp3) is 0.123. The Kier molecular flexibility index (Phi) is 11.8. The number of imidazole rings is 1. The van der Waals surface area contributed by atoms with E-state index in [-0.39, 0.29) is 25.7 Å². The first-order valence-electron chi connectivity index (χ1n) is 26.8. The van der Waals surface area contributed by atoms with E-state index in [0.717, 1.165) is 98.3 Å². The van der Waals surface area contributed by atoms with Crippen LogP contribution in [0.1, 0.15) is 50.4 Å². The molecule has 4 heterocycles. The van der Waals surface area contributed by atoms with Crippen LogP contribution in [0.2, 0.25) is 19.6 Å². The van der Waals surface area contributed by atoms with E-state index >= 15 is 0 Å². The fourth-order valence-corrected chi connectivity index (χ4v) is 12.2. The molecule has 12 aromatic rings. The average Bonchev–Trinajstić information content (AvgIpc) is 4.01. The average molecular weight is 1150 g/mol. The molecule has 0 saturated carbocycles. The van der Waals surface area contributed by atoms with Crippen LogP contribution in [0.15, 0.2) is 200 Å². The van der Waals surface area contributed by atoms with Crippen LogP contribution < -0.4 is 5.19 Å². The Morgan fingerprint density at radius 1 is 0.694 bits per heavy atom. The molecule has 355 valence electrons. The van der Waals surface area contributed by atoms with E-state index in [9.17, 15) is 0 Å². The van der Waals surface area contributed by atoms with Crippen LogP contribution in [-0.4, -0.2) is 27.6 Å². The summed E-state index contributed by atoms with van der Waals surface area (Å²) in [7, 11) is -1.61. The number of fused-ring (bicyclic) bond motifs is 6. The van der Waals surface area contributed by atoms with E-state index in [1.54, 1.807) is 23.5 Å². The third-order valence-electron chi connectivity index (χ3n) is 12.9. The van der Waals surface area contributed by atoms with E-state index in [2.05, 4.69) is 163 Å². The zero-order chi connectivity index (χ0) is 53.9. The van der Waals surface area contributed by atoms with Crippen LogP contribution in [0.25, 0.3) is 92.7 Å². The number of hydrogen-bond donors (Lipinski definition) is 0. The predicted octanol–water partition coefficient (Wildman–Crippen LogP) is 16.9. The zero-order valence-corrected chi connectivity index (χ0v) is 44.8. The first kappa shape index (κ1) is 41.5. The van der Waals surface area contributed by atoms with Crippen LogP contribution in [0.4, 0.5) is 0 Å². The number of nitrogens with zero attached hydrogens (tertiary/aromatic N) is 4. The molecule has 4 aromatic heterocycles. The molecule has 0 amide bonds. The molecule has 72 heavy (non-hydrogen) atoms. The van der Waals surface area contributed by atoms with Crippen molar-refractivity contribution in [2.45, 2.75) is 52.6 Å². The topological polar surface area (TPSA) is 43.6 Å². The van der Waals surface area contributed by atoms with Gasteiger partial charge in [0.2, 0.25) is 0 Å². The molecule has 0 atom stereocenters. The van der Waals surface area contributed by atoms with Gasteiger partial charge in [0.05, 0.1) is 30.6 Å². The summed E-state index contributed by atoms with van der Waals surface area (Å²) < 4.78 is 52.2. The van der Waals surface area contributed by atoms with Crippen molar-refractivity contribution in [3.8, 4) is 50.6 Å². The van der Waals surface area contributed by atoms with Gasteiger partial charge in [-0.05, 0) is 61.1 Å². The van der Waals surface area contributed by atoms with Gasteiger partial charge in [0.1, 0.15) is 4.83 Å². The number of rotatable bonds is 9. The third-order valence-corrected chi connectivity index (χ3v) is 16.0. The maximum atomic E-state index is 9.02. The number of hydrogen-bond acceptors (Lipinski definition) is 4. The number of aryl methyl sites for hydroxylation is 1. The first-order chi connectivity index (χ1) is 36.9. The van der Waals surface area contributed by atoms with Crippen molar-refractivity contribution >= 4 is 66.7 Å². The summed E-state index contributed by atoms with van der Waals surface area (Å²) >= 11 is 1.56. The van der Waals surface area contributed by atoms with Crippen LogP contribution >= 0.6 is 11.3 Å². The maximum Gasteiger partial charge on any atom is 0.114 e. The summed E-state index contributed by atoms with van der Waals surface area (Å²) in [6.45, 7) is 8.38. The minimum absolute atomic E-state index is 0. The van der Waals surface area contributed by atoms with Crippen LogP contribution in [-0.2, 0) is 26.5 Å². The molecule has 12 rings (SSSR count). The van der Waals surface area contributed by atoms with Crippen molar-refractivity contribution in [2.75, 3.05) is 0 Å². The van der Waals surface area contributed by atoms with E-state index < -0.39 is 27.2 Å². The summed E-state index contributed by atoms with van der Waals surface area (Å²) in [6, 6.07) is 71.0.